The minimum Gasteiger partial charge on any atom is -0.445 e. The number of oxazole rings is 1. The first kappa shape index (κ1) is 12.8. The number of nitrogens with two attached hydrogens (primary N) is 1. The predicted octanol–water partition coefficient (Wildman–Crippen LogP) is 3.10. The summed E-state index contributed by atoms with van der Waals surface area (Å²) in [6.45, 7) is 4.64. The average molecular weight is 244 g/mol. The molecule has 3 heteroatoms. The Kier molecular flexibility index (Phi) is 4.15. The number of hydrogen-bond donors (Lipinski definition) is 1. The molecule has 0 aliphatic heterocycles. The molecule has 1 aromatic carbocycles. The molecule has 2 N–H and O–H groups in total. The standard InChI is InChI=1S/C15H20N2O/c1-3-4-12-5-7-13(8-6-12)15-14(9-10-16)18-11(2)17-15/h5-8H,3-4,9-10,16H2,1-2H3. The van der Waals surface area contributed by atoms with Crippen LogP contribution in [-0.4, -0.2) is 11.5 Å². The summed E-state index contributed by atoms with van der Waals surface area (Å²) < 4.78 is 5.60. The van der Waals surface area contributed by atoms with Crippen molar-refractivity contribution in [1.82, 2.24) is 4.98 Å². The molecule has 0 aliphatic carbocycles. The third-order valence-electron chi connectivity index (χ3n) is 2.94. The van der Waals surface area contributed by atoms with Crippen molar-refractivity contribution in [3.05, 3.63) is 41.5 Å². The summed E-state index contributed by atoms with van der Waals surface area (Å²) in [4.78, 5) is 4.45. The summed E-state index contributed by atoms with van der Waals surface area (Å²) in [5, 5.41) is 0. The molecule has 0 fully saturated rings. The quantitative estimate of drug-likeness (QED) is 0.879. The van der Waals surface area contributed by atoms with Crippen molar-refractivity contribution in [3.8, 4) is 11.3 Å². The van der Waals surface area contributed by atoms with Crippen LogP contribution in [0.25, 0.3) is 11.3 Å². The Hall–Kier alpha value is -1.61. The van der Waals surface area contributed by atoms with Crippen LogP contribution in [0.2, 0.25) is 0 Å². The van der Waals surface area contributed by atoms with E-state index in [-0.39, 0.29) is 0 Å². The third kappa shape index (κ3) is 2.79. The Balaban J connectivity index is 2.29. The first-order valence-corrected chi connectivity index (χ1v) is 6.50. The van der Waals surface area contributed by atoms with Crippen LogP contribution in [0.3, 0.4) is 0 Å². The summed E-state index contributed by atoms with van der Waals surface area (Å²) in [6, 6.07) is 8.55. The van der Waals surface area contributed by atoms with Gasteiger partial charge in [0.25, 0.3) is 0 Å². The highest BCUT2D eigenvalue weighted by Gasteiger charge is 2.12. The lowest BCUT2D eigenvalue weighted by atomic mass is 10.0. The monoisotopic (exact) mass is 244 g/mol. The van der Waals surface area contributed by atoms with Crippen molar-refractivity contribution in [1.29, 1.82) is 0 Å². The molecule has 3 nitrogen and oxygen atoms in total. The molecule has 1 heterocycles. The third-order valence-corrected chi connectivity index (χ3v) is 2.94. The predicted molar refractivity (Wildman–Crippen MR) is 73.4 cm³/mol. The van der Waals surface area contributed by atoms with Crippen molar-refractivity contribution in [3.63, 3.8) is 0 Å². The van der Waals surface area contributed by atoms with Gasteiger partial charge in [0.05, 0.1) is 0 Å². The molecule has 0 saturated carbocycles. The van der Waals surface area contributed by atoms with Crippen molar-refractivity contribution in [2.45, 2.75) is 33.1 Å². The fourth-order valence-corrected chi connectivity index (χ4v) is 2.11. The summed E-state index contributed by atoms with van der Waals surface area (Å²) in [6.07, 6.45) is 3.02. The maximum absolute atomic E-state index is 5.60. The van der Waals surface area contributed by atoms with Crippen molar-refractivity contribution in [2.75, 3.05) is 6.54 Å². The number of rotatable bonds is 5. The lowest BCUT2D eigenvalue weighted by molar-refractivity contribution is 0.476. The molecular formula is C15H20N2O. The van der Waals surface area contributed by atoms with Gasteiger partial charge in [-0.2, -0.15) is 0 Å². The molecule has 0 aliphatic rings. The maximum atomic E-state index is 5.60. The summed E-state index contributed by atoms with van der Waals surface area (Å²) in [5.74, 6) is 1.59. The SMILES string of the molecule is CCCc1ccc(-c2nc(C)oc2CCN)cc1. The van der Waals surface area contributed by atoms with Crippen LogP contribution in [0.1, 0.15) is 30.6 Å². The lowest BCUT2D eigenvalue weighted by Gasteiger charge is -2.02. The molecule has 0 unspecified atom stereocenters. The summed E-state index contributed by atoms with van der Waals surface area (Å²) in [5.41, 5.74) is 8.99. The highest BCUT2D eigenvalue weighted by Crippen LogP contribution is 2.24. The van der Waals surface area contributed by atoms with Crippen LogP contribution >= 0.6 is 0 Å². The fraction of sp³-hybridized carbons (Fsp3) is 0.400. The van der Waals surface area contributed by atoms with Crippen LogP contribution in [0.5, 0.6) is 0 Å². The normalized spacial score (nSPS) is 10.8. The highest BCUT2D eigenvalue weighted by molar-refractivity contribution is 5.61. The van der Waals surface area contributed by atoms with E-state index < -0.39 is 0 Å². The van der Waals surface area contributed by atoms with Crippen molar-refractivity contribution in [2.24, 2.45) is 5.73 Å². The number of aryl methyl sites for hydroxylation is 2. The molecule has 0 radical (unpaired) electrons. The second kappa shape index (κ2) is 5.83. The summed E-state index contributed by atoms with van der Waals surface area (Å²) >= 11 is 0. The van der Waals surface area contributed by atoms with Crippen molar-refractivity contribution >= 4 is 0 Å². The van der Waals surface area contributed by atoms with Gasteiger partial charge in [-0.1, -0.05) is 37.6 Å². The van der Waals surface area contributed by atoms with E-state index in [1.54, 1.807) is 0 Å². The van der Waals surface area contributed by atoms with Gasteiger partial charge in [-0.3, -0.25) is 0 Å². The first-order chi connectivity index (χ1) is 8.74. The van der Waals surface area contributed by atoms with Crippen LogP contribution in [0.4, 0.5) is 0 Å². The average Bonchev–Trinajstić information content (AvgIpc) is 2.72. The van der Waals surface area contributed by atoms with Crippen molar-refractivity contribution < 1.29 is 4.42 Å². The summed E-state index contributed by atoms with van der Waals surface area (Å²) in [7, 11) is 0. The molecule has 2 rings (SSSR count). The second-order valence-corrected chi connectivity index (χ2v) is 4.49. The maximum Gasteiger partial charge on any atom is 0.191 e. The van der Waals surface area contributed by atoms with Gasteiger partial charge in [-0.05, 0) is 18.5 Å². The van der Waals surface area contributed by atoms with E-state index in [2.05, 4.69) is 36.2 Å². The zero-order valence-electron chi connectivity index (χ0n) is 11.1. The smallest absolute Gasteiger partial charge is 0.191 e. The van der Waals surface area contributed by atoms with E-state index in [9.17, 15) is 0 Å². The van der Waals surface area contributed by atoms with E-state index in [4.69, 9.17) is 10.2 Å². The molecule has 2 aromatic rings. The Morgan fingerprint density at radius 2 is 1.89 bits per heavy atom. The number of benzene rings is 1. The van der Waals surface area contributed by atoms with Gasteiger partial charge in [-0.15, -0.1) is 0 Å². The Bertz CT molecular complexity index is 500. The second-order valence-electron chi connectivity index (χ2n) is 4.49. The van der Waals surface area contributed by atoms with Gasteiger partial charge in [0.1, 0.15) is 11.5 Å². The zero-order valence-corrected chi connectivity index (χ0v) is 11.1. The van der Waals surface area contributed by atoms with E-state index in [0.717, 1.165) is 29.9 Å². The molecule has 0 atom stereocenters. The number of aromatic nitrogens is 1. The molecule has 1 aromatic heterocycles. The van der Waals surface area contributed by atoms with E-state index in [1.165, 1.54) is 12.0 Å². The minimum absolute atomic E-state index is 0.579. The van der Waals surface area contributed by atoms with Crippen LogP contribution in [0, 0.1) is 6.92 Å². The Labute approximate surface area is 108 Å². The fourth-order valence-electron chi connectivity index (χ4n) is 2.11. The van der Waals surface area contributed by atoms with Crippen LogP contribution in [-0.2, 0) is 12.8 Å². The minimum atomic E-state index is 0.579. The molecule has 0 saturated heterocycles. The molecule has 0 amide bonds. The molecular weight excluding hydrogens is 224 g/mol. The van der Waals surface area contributed by atoms with Gasteiger partial charge in [-0.25, -0.2) is 4.98 Å². The largest absolute Gasteiger partial charge is 0.445 e. The van der Waals surface area contributed by atoms with E-state index in [0.29, 0.717) is 12.4 Å². The van der Waals surface area contributed by atoms with Gasteiger partial charge in [0.15, 0.2) is 5.89 Å². The molecule has 0 bridgehead atoms. The molecule has 96 valence electrons. The Morgan fingerprint density at radius 3 is 2.50 bits per heavy atom. The molecule has 18 heavy (non-hydrogen) atoms. The van der Waals surface area contributed by atoms with Crippen LogP contribution < -0.4 is 5.73 Å². The van der Waals surface area contributed by atoms with Gasteiger partial charge in [0, 0.05) is 18.9 Å². The lowest BCUT2D eigenvalue weighted by Crippen LogP contribution is -2.02. The topological polar surface area (TPSA) is 52.0 Å². The number of nitrogens with zero attached hydrogens (tertiary/aromatic N) is 1. The van der Waals surface area contributed by atoms with E-state index in [1.807, 2.05) is 6.92 Å². The van der Waals surface area contributed by atoms with Gasteiger partial charge in [0.2, 0.25) is 0 Å². The highest BCUT2D eigenvalue weighted by atomic mass is 16.4. The zero-order chi connectivity index (χ0) is 13.0. The Morgan fingerprint density at radius 1 is 1.17 bits per heavy atom. The molecule has 0 spiro atoms. The van der Waals surface area contributed by atoms with Gasteiger partial charge >= 0.3 is 0 Å². The van der Waals surface area contributed by atoms with Crippen LogP contribution in [0.15, 0.2) is 28.7 Å². The van der Waals surface area contributed by atoms with Gasteiger partial charge < -0.3 is 10.2 Å². The number of hydrogen-bond acceptors (Lipinski definition) is 3. The van der Waals surface area contributed by atoms with E-state index >= 15 is 0 Å². The first-order valence-electron chi connectivity index (χ1n) is 6.50.